The van der Waals surface area contributed by atoms with Gasteiger partial charge in [-0.15, -0.1) is 0 Å². The number of hydrogen-bond acceptors (Lipinski definition) is 3. The summed E-state index contributed by atoms with van der Waals surface area (Å²) in [4.78, 5) is 26.9. The number of aryl methyl sites for hydroxylation is 1. The number of nitrogens with one attached hydrogen (secondary N) is 1. The first kappa shape index (κ1) is 23.6. The molecule has 3 rings (SSSR count). The zero-order valence-corrected chi connectivity index (χ0v) is 19.7. The van der Waals surface area contributed by atoms with Crippen molar-refractivity contribution in [2.75, 3.05) is 18.4 Å². The number of fused-ring (bicyclic) bond motifs is 1. The van der Waals surface area contributed by atoms with Crippen molar-refractivity contribution in [3.63, 3.8) is 0 Å². The number of nitrogens with zero attached hydrogens (tertiary/aromatic N) is 2. The van der Waals surface area contributed by atoms with Crippen molar-refractivity contribution in [3.8, 4) is 0 Å². The molecule has 1 amide bonds. The van der Waals surface area contributed by atoms with Crippen LogP contribution in [0.5, 0.6) is 0 Å². The van der Waals surface area contributed by atoms with E-state index in [-0.39, 0.29) is 11.5 Å². The van der Waals surface area contributed by atoms with E-state index in [1.807, 2.05) is 49.1 Å². The van der Waals surface area contributed by atoms with E-state index in [0.29, 0.717) is 36.3 Å². The fourth-order valence-corrected chi connectivity index (χ4v) is 4.46. The second kappa shape index (κ2) is 9.61. The van der Waals surface area contributed by atoms with Gasteiger partial charge in [-0.25, -0.2) is 0 Å². The van der Waals surface area contributed by atoms with Crippen LogP contribution in [0.25, 0.3) is 10.8 Å². The van der Waals surface area contributed by atoms with E-state index >= 15 is 0 Å². The lowest BCUT2D eigenvalue weighted by Crippen LogP contribution is -2.51. The SMILES string of the molecule is C=C/C(=C(/C)C(=C)Cl)C1(Nc2ccc3ccn(C)c(=O)c3c2)CCN(C(=O)/C=C/C)CC1. The van der Waals surface area contributed by atoms with Crippen LogP contribution in [0.3, 0.4) is 0 Å². The minimum Gasteiger partial charge on any atom is -0.375 e. The fourth-order valence-electron chi connectivity index (χ4n) is 4.36. The van der Waals surface area contributed by atoms with Crippen LogP contribution in [-0.2, 0) is 11.8 Å². The average molecular weight is 452 g/mol. The Hall–Kier alpha value is -3.05. The van der Waals surface area contributed by atoms with E-state index in [4.69, 9.17) is 11.6 Å². The molecule has 0 unspecified atom stereocenters. The Labute approximate surface area is 194 Å². The Morgan fingerprint density at radius 3 is 2.53 bits per heavy atom. The van der Waals surface area contributed by atoms with Crippen molar-refractivity contribution in [1.29, 1.82) is 0 Å². The third kappa shape index (κ3) is 4.58. The number of rotatable bonds is 6. The van der Waals surface area contributed by atoms with Gasteiger partial charge in [0.05, 0.1) is 5.54 Å². The van der Waals surface area contributed by atoms with E-state index in [9.17, 15) is 9.59 Å². The molecule has 2 aromatic rings. The number of likely N-dealkylation sites (tertiary alicyclic amines) is 1. The molecule has 6 heteroatoms. The van der Waals surface area contributed by atoms with Gasteiger partial charge in [-0.3, -0.25) is 9.59 Å². The maximum Gasteiger partial charge on any atom is 0.258 e. The fraction of sp³-hybridized carbons (Fsp3) is 0.308. The summed E-state index contributed by atoms with van der Waals surface area (Å²) in [6.07, 6.45) is 8.28. The number of carbonyl (C=O) groups is 1. The number of allylic oxidation sites excluding steroid dienone is 3. The molecule has 32 heavy (non-hydrogen) atoms. The molecule has 0 spiro atoms. The van der Waals surface area contributed by atoms with Crippen LogP contribution >= 0.6 is 11.6 Å². The summed E-state index contributed by atoms with van der Waals surface area (Å²) in [6, 6.07) is 7.75. The van der Waals surface area contributed by atoms with E-state index in [2.05, 4.69) is 18.5 Å². The van der Waals surface area contributed by atoms with E-state index in [0.717, 1.165) is 22.2 Å². The summed E-state index contributed by atoms with van der Waals surface area (Å²) < 4.78 is 1.57. The molecule has 1 aliphatic heterocycles. The summed E-state index contributed by atoms with van der Waals surface area (Å²) in [5, 5.41) is 5.68. The highest BCUT2D eigenvalue weighted by Gasteiger charge is 2.39. The van der Waals surface area contributed by atoms with Crippen LogP contribution < -0.4 is 10.9 Å². The van der Waals surface area contributed by atoms with Crippen molar-refractivity contribution >= 4 is 34.0 Å². The standard InChI is InChI=1S/C26H30ClN3O2/c1-6-8-24(31)30-15-12-26(13-16-30,23(7-2)18(3)19(4)27)28-21-10-9-20-11-14-29(5)25(32)22(20)17-21/h6-11,14,17,28H,2,4,12-13,15-16H2,1,3,5H3/b8-6+,23-18+. The largest absolute Gasteiger partial charge is 0.375 e. The monoisotopic (exact) mass is 451 g/mol. The molecule has 0 bridgehead atoms. The molecule has 0 aliphatic carbocycles. The van der Waals surface area contributed by atoms with Gasteiger partial charge in [0.15, 0.2) is 0 Å². The molecule has 0 atom stereocenters. The third-order valence-corrected chi connectivity index (χ3v) is 6.52. The maximum atomic E-state index is 12.6. The van der Waals surface area contributed by atoms with Gasteiger partial charge in [0, 0.05) is 42.4 Å². The van der Waals surface area contributed by atoms with Crippen LogP contribution in [-0.4, -0.2) is 34.0 Å². The number of amides is 1. The summed E-state index contributed by atoms with van der Waals surface area (Å²) >= 11 is 6.28. The highest BCUT2D eigenvalue weighted by molar-refractivity contribution is 6.31. The summed E-state index contributed by atoms with van der Waals surface area (Å²) in [7, 11) is 1.74. The summed E-state index contributed by atoms with van der Waals surface area (Å²) in [6.45, 7) is 12.9. The number of piperidine rings is 1. The Morgan fingerprint density at radius 1 is 1.25 bits per heavy atom. The molecule has 1 aromatic carbocycles. The van der Waals surface area contributed by atoms with E-state index in [1.54, 1.807) is 30.0 Å². The van der Waals surface area contributed by atoms with Gasteiger partial charge in [-0.1, -0.05) is 43.0 Å². The first-order valence-electron chi connectivity index (χ1n) is 10.7. The normalized spacial score (nSPS) is 16.7. The van der Waals surface area contributed by atoms with E-state index in [1.165, 1.54) is 0 Å². The Balaban J connectivity index is 2.05. The third-order valence-electron chi connectivity index (χ3n) is 6.23. The first-order chi connectivity index (χ1) is 15.2. The maximum absolute atomic E-state index is 12.6. The number of pyridine rings is 1. The number of hydrogen-bond donors (Lipinski definition) is 1. The van der Waals surface area contributed by atoms with Crippen LogP contribution in [0.4, 0.5) is 5.69 Å². The van der Waals surface area contributed by atoms with Gasteiger partial charge in [-0.2, -0.15) is 0 Å². The highest BCUT2D eigenvalue weighted by atomic mass is 35.5. The predicted octanol–water partition coefficient (Wildman–Crippen LogP) is 5.14. The lowest BCUT2D eigenvalue weighted by molar-refractivity contribution is -0.127. The molecular weight excluding hydrogens is 422 g/mol. The molecule has 1 saturated heterocycles. The molecule has 0 saturated carbocycles. The second-order valence-corrected chi connectivity index (χ2v) is 8.67. The number of halogens is 1. The predicted molar refractivity (Wildman–Crippen MR) is 134 cm³/mol. The topological polar surface area (TPSA) is 54.3 Å². The number of anilines is 1. The van der Waals surface area contributed by atoms with E-state index < -0.39 is 5.54 Å². The van der Waals surface area contributed by atoms with Gasteiger partial charge < -0.3 is 14.8 Å². The molecule has 1 aromatic heterocycles. The van der Waals surface area contributed by atoms with Crippen LogP contribution in [0.15, 0.2) is 82.8 Å². The average Bonchev–Trinajstić information content (AvgIpc) is 2.77. The van der Waals surface area contributed by atoms with Gasteiger partial charge in [0.1, 0.15) is 0 Å². The second-order valence-electron chi connectivity index (χ2n) is 8.21. The molecule has 5 nitrogen and oxygen atoms in total. The quantitative estimate of drug-likeness (QED) is 0.488. The molecular formula is C26H30ClN3O2. The lowest BCUT2D eigenvalue weighted by atomic mass is 9.77. The molecule has 2 heterocycles. The van der Waals surface area contributed by atoms with Crippen molar-refractivity contribution < 1.29 is 4.79 Å². The van der Waals surface area contributed by atoms with Gasteiger partial charge in [-0.05, 0) is 67.5 Å². The molecule has 0 radical (unpaired) electrons. The minimum absolute atomic E-state index is 0.0120. The number of aromatic nitrogens is 1. The van der Waals surface area contributed by atoms with Crippen LogP contribution in [0.2, 0.25) is 0 Å². The molecule has 1 N–H and O–H groups in total. The zero-order valence-electron chi connectivity index (χ0n) is 19.0. The summed E-state index contributed by atoms with van der Waals surface area (Å²) in [5.41, 5.74) is 2.11. The lowest BCUT2D eigenvalue weighted by Gasteiger charge is -2.44. The summed E-state index contributed by atoms with van der Waals surface area (Å²) in [5.74, 6) is 0.0120. The highest BCUT2D eigenvalue weighted by Crippen LogP contribution is 2.38. The van der Waals surface area contributed by atoms with Gasteiger partial charge in [0.25, 0.3) is 5.56 Å². The van der Waals surface area contributed by atoms with Crippen LogP contribution in [0.1, 0.15) is 26.7 Å². The first-order valence-corrected chi connectivity index (χ1v) is 11.1. The zero-order chi connectivity index (χ0) is 23.5. The smallest absolute Gasteiger partial charge is 0.258 e. The number of benzene rings is 1. The van der Waals surface area contributed by atoms with Gasteiger partial charge in [0.2, 0.25) is 5.91 Å². The Morgan fingerprint density at radius 2 is 1.94 bits per heavy atom. The van der Waals surface area contributed by atoms with Crippen molar-refractivity contribution in [3.05, 3.63) is 88.4 Å². The minimum atomic E-state index is -0.496. The Bertz CT molecular complexity index is 1180. The molecule has 1 aliphatic rings. The number of carbonyl (C=O) groups excluding carboxylic acids is 1. The van der Waals surface area contributed by atoms with Crippen molar-refractivity contribution in [2.24, 2.45) is 7.05 Å². The Kier molecular flexibility index (Phi) is 7.09. The molecule has 1 fully saturated rings. The van der Waals surface area contributed by atoms with Crippen molar-refractivity contribution in [1.82, 2.24) is 9.47 Å². The molecule has 168 valence electrons. The van der Waals surface area contributed by atoms with Crippen LogP contribution in [0, 0.1) is 0 Å². The van der Waals surface area contributed by atoms with Crippen molar-refractivity contribution in [2.45, 2.75) is 32.2 Å². The van der Waals surface area contributed by atoms with Gasteiger partial charge >= 0.3 is 0 Å².